The molecule has 0 spiro atoms. The van der Waals surface area contributed by atoms with E-state index in [0.29, 0.717) is 5.92 Å². The first-order valence-electron chi connectivity index (χ1n) is 8.06. The third kappa shape index (κ3) is 2.27. The number of aromatic nitrogens is 1. The average molecular weight is 292 g/mol. The molecule has 20 heavy (non-hydrogen) atoms. The van der Waals surface area contributed by atoms with Gasteiger partial charge in [-0.2, -0.15) is 0 Å². The molecule has 3 aliphatic rings. The van der Waals surface area contributed by atoms with E-state index < -0.39 is 0 Å². The Bertz CT molecular complexity index is 497. The molecule has 0 aliphatic heterocycles. The summed E-state index contributed by atoms with van der Waals surface area (Å²) in [5, 5.41) is 10.6. The predicted molar refractivity (Wildman–Crippen MR) is 82.2 cm³/mol. The highest BCUT2D eigenvalue weighted by atomic mass is 32.1. The van der Waals surface area contributed by atoms with Crippen LogP contribution in [0.4, 0.5) is 5.13 Å². The van der Waals surface area contributed by atoms with Gasteiger partial charge < -0.3 is 10.0 Å². The lowest BCUT2D eigenvalue weighted by Gasteiger charge is -2.26. The maximum absolute atomic E-state index is 9.51. The summed E-state index contributed by atoms with van der Waals surface area (Å²) in [6, 6.07) is 0. The molecule has 3 atom stereocenters. The highest BCUT2D eigenvalue weighted by Gasteiger charge is 2.40. The lowest BCUT2D eigenvalue weighted by atomic mass is 9.88. The quantitative estimate of drug-likeness (QED) is 0.904. The molecular weight excluding hydrogens is 268 g/mol. The molecule has 4 heteroatoms. The van der Waals surface area contributed by atoms with E-state index in [1.54, 1.807) is 11.3 Å². The van der Waals surface area contributed by atoms with Crippen molar-refractivity contribution < 1.29 is 5.11 Å². The Hall–Kier alpha value is -0.610. The first-order valence-corrected chi connectivity index (χ1v) is 8.88. The van der Waals surface area contributed by atoms with Gasteiger partial charge in [0, 0.05) is 19.5 Å². The third-order valence-corrected chi connectivity index (χ3v) is 6.71. The van der Waals surface area contributed by atoms with Crippen molar-refractivity contribution in [2.24, 2.45) is 17.8 Å². The SMILES string of the molecule is CN(CC1CC2CCC1C2)c1nc(C2CC2)c(CO)s1. The van der Waals surface area contributed by atoms with Gasteiger partial charge in [-0.3, -0.25) is 0 Å². The fourth-order valence-electron chi connectivity index (χ4n) is 4.33. The molecule has 1 heterocycles. The molecule has 4 rings (SSSR count). The normalized spacial score (nSPS) is 32.0. The van der Waals surface area contributed by atoms with E-state index in [2.05, 4.69) is 11.9 Å². The minimum absolute atomic E-state index is 0.158. The van der Waals surface area contributed by atoms with E-state index in [1.807, 2.05) is 0 Å². The van der Waals surface area contributed by atoms with Crippen LogP contribution in [0.1, 0.15) is 55.0 Å². The summed E-state index contributed by atoms with van der Waals surface area (Å²) in [6.07, 6.45) is 8.35. The Morgan fingerprint density at radius 3 is 2.70 bits per heavy atom. The monoisotopic (exact) mass is 292 g/mol. The summed E-state index contributed by atoms with van der Waals surface area (Å²) in [5.41, 5.74) is 1.19. The Labute approximate surface area is 125 Å². The van der Waals surface area contributed by atoms with Gasteiger partial charge in [-0.1, -0.05) is 17.8 Å². The lowest BCUT2D eigenvalue weighted by Crippen LogP contribution is -2.28. The van der Waals surface area contributed by atoms with Gasteiger partial charge >= 0.3 is 0 Å². The summed E-state index contributed by atoms with van der Waals surface area (Å²) >= 11 is 1.70. The van der Waals surface area contributed by atoms with Crippen molar-refractivity contribution in [1.29, 1.82) is 0 Å². The number of nitrogens with zero attached hydrogens (tertiary/aromatic N) is 2. The zero-order valence-electron chi connectivity index (χ0n) is 12.2. The summed E-state index contributed by atoms with van der Waals surface area (Å²) < 4.78 is 0. The number of aliphatic hydroxyl groups is 1. The standard InChI is InChI=1S/C16H24N2OS/c1-18(8-13-7-10-2-3-12(13)6-10)16-17-15(11-4-5-11)14(9-19)20-16/h10-13,19H,2-9H2,1H3. The molecule has 3 aliphatic carbocycles. The van der Waals surface area contributed by atoms with Crippen molar-refractivity contribution >= 4 is 16.5 Å². The molecule has 3 nitrogen and oxygen atoms in total. The molecule has 2 bridgehead atoms. The molecule has 1 N–H and O–H groups in total. The van der Waals surface area contributed by atoms with Crippen LogP contribution in [0.5, 0.6) is 0 Å². The zero-order valence-corrected chi connectivity index (χ0v) is 13.0. The number of anilines is 1. The van der Waals surface area contributed by atoms with Crippen molar-refractivity contribution in [3.8, 4) is 0 Å². The maximum Gasteiger partial charge on any atom is 0.185 e. The van der Waals surface area contributed by atoms with Crippen molar-refractivity contribution in [2.45, 2.75) is 51.0 Å². The molecular formula is C16H24N2OS. The van der Waals surface area contributed by atoms with Gasteiger partial charge in [0.25, 0.3) is 0 Å². The number of hydrogen-bond acceptors (Lipinski definition) is 4. The molecule has 0 radical (unpaired) electrons. The van der Waals surface area contributed by atoms with Gasteiger partial charge in [0.2, 0.25) is 0 Å². The van der Waals surface area contributed by atoms with E-state index in [0.717, 1.165) is 34.3 Å². The fourth-order valence-corrected chi connectivity index (χ4v) is 5.31. The van der Waals surface area contributed by atoms with Crippen LogP contribution >= 0.6 is 11.3 Å². The lowest BCUT2D eigenvalue weighted by molar-refractivity contribution is 0.284. The molecule has 110 valence electrons. The number of hydrogen-bond donors (Lipinski definition) is 1. The molecule has 0 saturated heterocycles. The topological polar surface area (TPSA) is 36.4 Å². The van der Waals surface area contributed by atoms with Crippen LogP contribution in [0.15, 0.2) is 0 Å². The molecule has 0 amide bonds. The average Bonchev–Trinajstić information content (AvgIpc) is 2.89. The first-order chi connectivity index (χ1) is 9.74. The summed E-state index contributed by atoms with van der Waals surface area (Å²) in [6.45, 7) is 1.31. The van der Waals surface area contributed by atoms with Gasteiger partial charge in [-0.05, 0) is 49.9 Å². The van der Waals surface area contributed by atoms with Crippen LogP contribution in [0.3, 0.4) is 0 Å². The van der Waals surface area contributed by atoms with Crippen molar-refractivity contribution in [1.82, 2.24) is 4.98 Å². The van der Waals surface area contributed by atoms with Crippen LogP contribution in [-0.2, 0) is 6.61 Å². The largest absolute Gasteiger partial charge is 0.391 e. The second-order valence-corrected chi connectivity index (χ2v) is 8.11. The van der Waals surface area contributed by atoms with Crippen LogP contribution in [-0.4, -0.2) is 23.7 Å². The van der Waals surface area contributed by atoms with Crippen molar-refractivity contribution in [2.75, 3.05) is 18.5 Å². The summed E-state index contributed by atoms with van der Waals surface area (Å²) in [4.78, 5) is 8.28. The number of thiazole rings is 1. The molecule has 3 fully saturated rings. The zero-order chi connectivity index (χ0) is 13.7. The fraction of sp³-hybridized carbons (Fsp3) is 0.812. The van der Waals surface area contributed by atoms with E-state index in [-0.39, 0.29) is 6.61 Å². The number of aliphatic hydroxyl groups excluding tert-OH is 1. The van der Waals surface area contributed by atoms with E-state index in [1.165, 1.54) is 44.2 Å². The minimum atomic E-state index is 0.158. The Balaban J connectivity index is 1.46. The van der Waals surface area contributed by atoms with Crippen LogP contribution in [0.25, 0.3) is 0 Å². The van der Waals surface area contributed by atoms with Gasteiger partial charge in [-0.25, -0.2) is 4.98 Å². The van der Waals surface area contributed by atoms with E-state index in [9.17, 15) is 5.11 Å². The Morgan fingerprint density at radius 2 is 2.10 bits per heavy atom. The second kappa shape index (κ2) is 4.99. The second-order valence-electron chi connectivity index (χ2n) is 7.05. The Kier molecular flexibility index (Phi) is 3.26. The maximum atomic E-state index is 9.51. The summed E-state index contributed by atoms with van der Waals surface area (Å²) in [5.74, 6) is 3.51. The first kappa shape index (κ1) is 13.1. The van der Waals surface area contributed by atoms with E-state index >= 15 is 0 Å². The van der Waals surface area contributed by atoms with Crippen LogP contribution in [0.2, 0.25) is 0 Å². The highest BCUT2D eigenvalue weighted by Crippen LogP contribution is 2.49. The third-order valence-electron chi connectivity index (χ3n) is 5.54. The Morgan fingerprint density at radius 1 is 1.25 bits per heavy atom. The minimum Gasteiger partial charge on any atom is -0.391 e. The van der Waals surface area contributed by atoms with Gasteiger partial charge in [0.05, 0.1) is 17.2 Å². The van der Waals surface area contributed by atoms with Crippen molar-refractivity contribution in [3.63, 3.8) is 0 Å². The summed E-state index contributed by atoms with van der Waals surface area (Å²) in [7, 11) is 2.18. The van der Waals surface area contributed by atoms with Gasteiger partial charge in [0.1, 0.15) is 0 Å². The van der Waals surface area contributed by atoms with Gasteiger partial charge in [0.15, 0.2) is 5.13 Å². The van der Waals surface area contributed by atoms with E-state index in [4.69, 9.17) is 4.98 Å². The van der Waals surface area contributed by atoms with Crippen LogP contribution in [0, 0.1) is 17.8 Å². The number of rotatable bonds is 5. The smallest absolute Gasteiger partial charge is 0.185 e. The van der Waals surface area contributed by atoms with Crippen molar-refractivity contribution in [3.05, 3.63) is 10.6 Å². The molecule has 0 aromatic carbocycles. The molecule has 1 aromatic heterocycles. The predicted octanol–water partition coefficient (Wildman–Crippen LogP) is 3.39. The highest BCUT2D eigenvalue weighted by molar-refractivity contribution is 7.15. The van der Waals surface area contributed by atoms with Gasteiger partial charge in [-0.15, -0.1) is 0 Å². The number of fused-ring (bicyclic) bond motifs is 2. The molecule has 3 unspecified atom stereocenters. The molecule has 1 aromatic rings. The van der Waals surface area contributed by atoms with Crippen LogP contribution < -0.4 is 4.90 Å². The molecule has 3 saturated carbocycles.